The SMILES string of the molecule is CCCc1nnc2c(=O)n(Cc3cccc(F)c3)c([C@H]3CCOC3)cn12.O=c1c2nnc(C3CCOCC3)n2cc(Cc2ccccc2)n1Cc1ccc(F)cc1. The summed E-state index contributed by atoms with van der Waals surface area (Å²) in [6.45, 7) is 5.36. The van der Waals surface area contributed by atoms with E-state index in [1.54, 1.807) is 27.3 Å². The van der Waals surface area contributed by atoms with Crippen molar-refractivity contribution >= 4 is 11.3 Å². The lowest BCUT2D eigenvalue weighted by atomic mass is 9.99. The summed E-state index contributed by atoms with van der Waals surface area (Å²) in [6.07, 6.45) is 8.82. The van der Waals surface area contributed by atoms with E-state index in [0.29, 0.717) is 57.2 Å². The number of hydrogen-bond donors (Lipinski definition) is 0. The Morgan fingerprint density at radius 1 is 0.667 bits per heavy atom. The highest BCUT2D eigenvalue weighted by Gasteiger charge is 2.26. The van der Waals surface area contributed by atoms with Crippen molar-refractivity contribution in [1.82, 2.24) is 38.3 Å². The smallest absolute Gasteiger partial charge is 0.296 e. The van der Waals surface area contributed by atoms with Gasteiger partial charge in [-0.2, -0.15) is 0 Å². The fraction of sp³-hybridized carbons (Fsp3) is 0.349. The van der Waals surface area contributed by atoms with Crippen molar-refractivity contribution in [1.29, 1.82) is 0 Å². The summed E-state index contributed by atoms with van der Waals surface area (Å²) < 4.78 is 45.0. The molecule has 7 aromatic rings. The van der Waals surface area contributed by atoms with E-state index < -0.39 is 0 Å². The molecule has 14 heteroatoms. The largest absolute Gasteiger partial charge is 0.381 e. The van der Waals surface area contributed by atoms with Crippen molar-refractivity contribution in [2.24, 2.45) is 0 Å². The lowest BCUT2D eigenvalue weighted by Gasteiger charge is -2.21. The first-order valence-electron chi connectivity index (χ1n) is 19.5. The van der Waals surface area contributed by atoms with E-state index in [1.165, 1.54) is 24.3 Å². The molecule has 0 unspecified atom stereocenters. The molecule has 0 amide bonds. The molecule has 0 N–H and O–H groups in total. The van der Waals surface area contributed by atoms with E-state index in [0.717, 1.165) is 71.8 Å². The fourth-order valence-corrected chi connectivity index (χ4v) is 7.69. The van der Waals surface area contributed by atoms with Crippen molar-refractivity contribution in [3.05, 3.63) is 163 Å². The van der Waals surface area contributed by atoms with Gasteiger partial charge >= 0.3 is 0 Å². The van der Waals surface area contributed by atoms with E-state index in [9.17, 15) is 18.4 Å². The first-order valence-corrected chi connectivity index (χ1v) is 19.5. The van der Waals surface area contributed by atoms with Gasteiger partial charge in [-0.1, -0.05) is 61.5 Å². The fourth-order valence-electron chi connectivity index (χ4n) is 7.69. The summed E-state index contributed by atoms with van der Waals surface area (Å²) in [5.74, 6) is 1.36. The average molecular weight is 775 g/mol. The van der Waals surface area contributed by atoms with Crippen LogP contribution in [-0.2, 0) is 35.4 Å². The molecule has 2 aliphatic rings. The Balaban J connectivity index is 0.000000162. The van der Waals surface area contributed by atoms with Gasteiger partial charge in [-0.15, -0.1) is 20.4 Å². The van der Waals surface area contributed by atoms with Crippen LogP contribution in [0.1, 0.15) is 84.2 Å². The van der Waals surface area contributed by atoms with Gasteiger partial charge in [-0.25, -0.2) is 8.78 Å². The summed E-state index contributed by atoms with van der Waals surface area (Å²) in [5.41, 5.74) is 4.69. The molecule has 2 aliphatic heterocycles. The minimum atomic E-state index is -0.310. The zero-order valence-corrected chi connectivity index (χ0v) is 31.8. The van der Waals surface area contributed by atoms with Crippen molar-refractivity contribution < 1.29 is 18.3 Å². The maximum atomic E-state index is 13.6. The van der Waals surface area contributed by atoms with Crippen LogP contribution in [0.25, 0.3) is 11.3 Å². The Hall–Kier alpha value is -5.86. The van der Waals surface area contributed by atoms with Crippen LogP contribution in [0, 0.1) is 11.6 Å². The molecule has 9 rings (SSSR count). The van der Waals surface area contributed by atoms with Crippen molar-refractivity contribution in [2.75, 3.05) is 26.4 Å². The molecular formula is C43H44F2N8O4. The summed E-state index contributed by atoms with van der Waals surface area (Å²) >= 11 is 0. The van der Waals surface area contributed by atoms with Gasteiger partial charge in [0.25, 0.3) is 11.1 Å². The number of rotatable bonds is 10. The van der Waals surface area contributed by atoms with E-state index >= 15 is 0 Å². The molecule has 57 heavy (non-hydrogen) atoms. The van der Waals surface area contributed by atoms with Crippen LogP contribution in [0.3, 0.4) is 0 Å². The van der Waals surface area contributed by atoms with Crippen molar-refractivity contribution in [3.63, 3.8) is 0 Å². The van der Waals surface area contributed by atoms with E-state index in [-0.39, 0.29) is 34.6 Å². The first-order chi connectivity index (χ1) is 27.9. The predicted molar refractivity (Wildman–Crippen MR) is 210 cm³/mol. The van der Waals surface area contributed by atoms with E-state index in [4.69, 9.17) is 9.47 Å². The molecular weight excluding hydrogens is 731 g/mol. The van der Waals surface area contributed by atoms with Crippen LogP contribution < -0.4 is 11.1 Å². The molecule has 294 valence electrons. The summed E-state index contributed by atoms with van der Waals surface area (Å²) in [7, 11) is 0. The lowest BCUT2D eigenvalue weighted by molar-refractivity contribution is 0.0834. The summed E-state index contributed by atoms with van der Waals surface area (Å²) in [6, 6.07) is 22.6. The second-order valence-corrected chi connectivity index (χ2v) is 14.6. The number of aryl methyl sites for hydroxylation is 1. The number of ether oxygens (including phenoxy) is 2. The molecule has 0 bridgehead atoms. The van der Waals surface area contributed by atoms with E-state index in [2.05, 4.69) is 27.3 Å². The lowest BCUT2D eigenvalue weighted by Crippen LogP contribution is -2.28. The van der Waals surface area contributed by atoms with Gasteiger partial charge in [-0.05, 0) is 66.6 Å². The second kappa shape index (κ2) is 17.1. The second-order valence-electron chi connectivity index (χ2n) is 14.6. The molecule has 0 aliphatic carbocycles. The zero-order chi connectivity index (χ0) is 39.3. The molecule has 0 spiro atoms. The maximum Gasteiger partial charge on any atom is 0.296 e. The van der Waals surface area contributed by atoms with Gasteiger partial charge in [0.15, 0.2) is 0 Å². The number of halogens is 2. The molecule has 3 aromatic carbocycles. The van der Waals surface area contributed by atoms with Crippen LogP contribution >= 0.6 is 0 Å². The van der Waals surface area contributed by atoms with Gasteiger partial charge in [0.05, 0.1) is 19.7 Å². The van der Waals surface area contributed by atoms with Crippen LogP contribution in [0.4, 0.5) is 8.78 Å². The Bertz CT molecular complexity index is 2590. The minimum Gasteiger partial charge on any atom is -0.381 e. The van der Waals surface area contributed by atoms with Gasteiger partial charge < -0.3 is 18.6 Å². The standard InChI is InChI=1S/C24H23FN4O2.C19H21FN4O2/c25-20-8-6-18(7-9-20)15-28-21(14-17-4-2-1-3-5-17)16-29-22(19-10-12-31-13-11-19)26-27-23(29)24(28)30;1-2-4-17-21-22-18-19(25)23(10-13-5-3-6-15(20)9-13)16(11-24(17)18)14-7-8-26-12-14/h1-9,16,19H,10-15H2;3,5-6,9,11,14H,2,4,7-8,10,12H2,1H3/t;14-/m.0/s1. The number of benzene rings is 3. The quantitative estimate of drug-likeness (QED) is 0.164. The molecule has 4 aromatic heterocycles. The zero-order valence-electron chi connectivity index (χ0n) is 31.8. The molecule has 0 radical (unpaired) electrons. The summed E-state index contributed by atoms with van der Waals surface area (Å²) in [5, 5.41) is 16.9. The van der Waals surface area contributed by atoms with Crippen LogP contribution in [0.15, 0.2) is 101 Å². The molecule has 6 heterocycles. The summed E-state index contributed by atoms with van der Waals surface area (Å²) in [4.78, 5) is 26.6. The number of aromatic nitrogens is 8. The van der Waals surface area contributed by atoms with Crippen LogP contribution in [0.2, 0.25) is 0 Å². The molecule has 0 saturated carbocycles. The normalized spacial score (nSPS) is 15.9. The van der Waals surface area contributed by atoms with Gasteiger partial charge in [-0.3, -0.25) is 18.4 Å². The van der Waals surface area contributed by atoms with Crippen LogP contribution in [-0.4, -0.2) is 64.8 Å². The Labute approximate surface area is 327 Å². The average Bonchev–Trinajstić information content (AvgIpc) is 4.01. The number of hydrogen-bond acceptors (Lipinski definition) is 8. The highest BCUT2D eigenvalue weighted by molar-refractivity contribution is 5.39. The third-order valence-electron chi connectivity index (χ3n) is 10.7. The monoisotopic (exact) mass is 774 g/mol. The molecule has 12 nitrogen and oxygen atoms in total. The Kier molecular flexibility index (Phi) is 11.4. The number of fused-ring (bicyclic) bond motifs is 2. The Morgan fingerprint density at radius 2 is 1.35 bits per heavy atom. The van der Waals surface area contributed by atoms with Crippen molar-refractivity contribution in [2.45, 2.75) is 70.4 Å². The number of nitrogens with zero attached hydrogens (tertiary/aromatic N) is 8. The first kappa shape index (κ1) is 38.0. The molecule has 1 atom stereocenters. The highest BCUT2D eigenvalue weighted by Crippen LogP contribution is 2.27. The van der Waals surface area contributed by atoms with E-state index in [1.807, 2.05) is 57.6 Å². The van der Waals surface area contributed by atoms with Gasteiger partial charge in [0.2, 0.25) is 11.3 Å². The molecule has 2 saturated heterocycles. The maximum absolute atomic E-state index is 13.6. The third-order valence-corrected chi connectivity index (χ3v) is 10.7. The Morgan fingerprint density at radius 3 is 2.09 bits per heavy atom. The van der Waals surface area contributed by atoms with Gasteiger partial charge in [0.1, 0.15) is 23.3 Å². The predicted octanol–water partition coefficient (Wildman–Crippen LogP) is 6.10. The molecule has 2 fully saturated rings. The highest BCUT2D eigenvalue weighted by atomic mass is 19.1. The van der Waals surface area contributed by atoms with Crippen LogP contribution in [0.5, 0.6) is 0 Å². The van der Waals surface area contributed by atoms with Crippen molar-refractivity contribution in [3.8, 4) is 0 Å². The third kappa shape index (κ3) is 8.33. The topological polar surface area (TPSA) is 123 Å². The minimum absolute atomic E-state index is 0.137. The van der Waals surface area contributed by atoms with Gasteiger partial charge in [0, 0.05) is 68.3 Å².